The molecule has 30 heavy (non-hydrogen) atoms. The molecule has 0 saturated carbocycles. The van der Waals surface area contributed by atoms with Crippen LogP contribution in [0.4, 0.5) is 11.5 Å². The molecule has 0 fully saturated rings. The molecule has 8 nitrogen and oxygen atoms in total. The zero-order valence-corrected chi connectivity index (χ0v) is 17.2. The van der Waals surface area contributed by atoms with Gasteiger partial charge in [-0.1, -0.05) is 18.2 Å². The molecule has 0 amide bonds. The number of fused-ring (bicyclic) bond motifs is 2. The Kier molecular flexibility index (Phi) is 4.48. The molecule has 0 saturated heterocycles. The van der Waals surface area contributed by atoms with Gasteiger partial charge in [0.15, 0.2) is 5.03 Å². The zero-order chi connectivity index (χ0) is 20.7. The van der Waals surface area contributed by atoms with Crippen molar-refractivity contribution in [2.24, 2.45) is 7.05 Å². The van der Waals surface area contributed by atoms with Crippen LogP contribution in [0.2, 0.25) is 0 Å². The molecular weight excluding hydrogens is 400 g/mol. The molecular formula is C21H20N6O2S. The van der Waals surface area contributed by atoms with E-state index in [1.54, 1.807) is 19.4 Å². The van der Waals surface area contributed by atoms with Gasteiger partial charge in [-0.15, -0.1) is 0 Å². The lowest BCUT2D eigenvalue weighted by Crippen LogP contribution is -2.37. The van der Waals surface area contributed by atoms with Crippen LogP contribution < -0.4 is 5.32 Å². The maximum atomic E-state index is 13.0. The Morgan fingerprint density at radius 1 is 1.07 bits per heavy atom. The number of hydrogen-bond donors (Lipinski definition) is 1. The third-order valence-electron chi connectivity index (χ3n) is 5.34. The molecule has 0 unspecified atom stereocenters. The summed E-state index contributed by atoms with van der Waals surface area (Å²) in [6.45, 7) is 0.687. The highest BCUT2D eigenvalue weighted by molar-refractivity contribution is 7.89. The third-order valence-corrected chi connectivity index (χ3v) is 7.26. The summed E-state index contributed by atoms with van der Waals surface area (Å²) in [6.07, 6.45) is 5.55. The Bertz CT molecular complexity index is 1350. The lowest BCUT2D eigenvalue weighted by atomic mass is 10.0. The normalized spacial score (nSPS) is 14.6. The van der Waals surface area contributed by atoms with E-state index in [1.165, 1.54) is 21.3 Å². The number of pyridine rings is 2. The molecule has 4 aromatic rings. The molecule has 0 spiro atoms. The van der Waals surface area contributed by atoms with Gasteiger partial charge in [0.2, 0.25) is 0 Å². The van der Waals surface area contributed by atoms with Gasteiger partial charge in [-0.2, -0.15) is 9.40 Å². The summed E-state index contributed by atoms with van der Waals surface area (Å²) in [4.78, 5) is 8.98. The van der Waals surface area contributed by atoms with E-state index in [2.05, 4.69) is 20.4 Å². The number of para-hydroxylation sites is 1. The van der Waals surface area contributed by atoms with Gasteiger partial charge in [-0.3, -0.25) is 9.67 Å². The predicted octanol–water partition coefficient (Wildman–Crippen LogP) is 2.85. The van der Waals surface area contributed by atoms with Crippen LogP contribution in [-0.4, -0.2) is 39.0 Å². The fraction of sp³-hybridized carbons (Fsp3) is 0.190. The van der Waals surface area contributed by atoms with Crippen molar-refractivity contribution in [2.75, 3.05) is 11.9 Å². The van der Waals surface area contributed by atoms with Crippen molar-refractivity contribution < 1.29 is 8.42 Å². The zero-order valence-electron chi connectivity index (χ0n) is 16.4. The minimum Gasteiger partial charge on any atom is -0.339 e. The van der Waals surface area contributed by atoms with Crippen LogP contribution in [0.5, 0.6) is 0 Å². The van der Waals surface area contributed by atoms with Crippen LogP contribution in [0, 0.1) is 0 Å². The van der Waals surface area contributed by atoms with Gasteiger partial charge in [-0.25, -0.2) is 13.4 Å². The van der Waals surface area contributed by atoms with E-state index in [0.29, 0.717) is 19.5 Å². The smallest absolute Gasteiger partial charge is 0.260 e. The highest BCUT2D eigenvalue weighted by Crippen LogP contribution is 2.30. The number of anilines is 2. The van der Waals surface area contributed by atoms with Crippen molar-refractivity contribution in [1.82, 2.24) is 24.1 Å². The van der Waals surface area contributed by atoms with Gasteiger partial charge in [-0.05, 0) is 36.2 Å². The lowest BCUT2D eigenvalue weighted by Gasteiger charge is -2.29. The average Bonchev–Trinajstić information content (AvgIpc) is 3.20. The minimum atomic E-state index is -3.61. The number of aromatic nitrogens is 4. The number of nitrogens with zero attached hydrogens (tertiary/aromatic N) is 5. The van der Waals surface area contributed by atoms with Crippen molar-refractivity contribution in [1.29, 1.82) is 0 Å². The first-order valence-corrected chi connectivity index (χ1v) is 11.0. The third kappa shape index (κ3) is 3.21. The van der Waals surface area contributed by atoms with E-state index in [0.717, 1.165) is 33.5 Å². The molecule has 1 aliphatic rings. The fourth-order valence-corrected chi connectivity index (χ4v) is 5.32. The first-order valence-electron chi connectivity index (χ1n) is 9.59. The fourth-order valence-electron chi connectivity index (χ4n) is 3.80. The molecule has 3 aromatic heterocycles. The lowest BCUT2D eigenvalue weighted by molar-refractivity contribution is 0.386. The molecule has 0 radical (unpaired) electrons. The second-order valence-corrected chi connectivity index (χ2v) is 9.11. The number of sulfonamides is 1. The Balaban J connectivity index is 1.43. The van der Waals surface area contributed by atoms with E-state index in [9.17, 15) is 8.42 Å². The second kappa shape index (κ2) is 7.19. The van der Waals surface area contributed by atoms with Gasteiger partial charge >= 0.3 is 0 Å². The number of hydrogen-bond acceptors (Lipinski definition) is 6. The molecule has 0 aliphatic carbocycles. The van der Waals surface area contributed by atoms with E-state index in [4.69, 9.17) is 0 Å². The Morgan fingerprint density at radius 2 is 1.93 bits per heavy atom. The van der Waals surface area contributed by atoms with E-state index in [-0.39, 0.29) is 5.03 Å². The van der Waals surface area contributed by atoms with Gasteiger partial charge < -0.3 is 5.32 Å². The van der Waals surface area contributed by atoms with Gasteiger partial charge in [0, 0.05) is 37.3 Å². The SMILES string of the molecule is Cn1nccc1S(=O)(=O)N1CCc2c(ccnc2Nc2cnc3ccccc3c2)C1. The molecule has 152 valence electrons. The van der Waals surface area contributed by atoms with E-state index < -0.39 is 10.0 Å². The van der Waals surface area contributed by atoms with Crippen LogP contribution in [0.15, 0.2) is 66.1 Å². The van der Waals surface area contributed by atoms with Crippen molar-refractivity contribution in [3.05, 3.63) is 72.2 Å². The molecule has 0 atom stereocenters. The van der Waals surface area contributed by atoms with Crippen LogP contribution in [-0.2, 0) is 30.0 Å². The number of aryl methyl sites for hydroxylation is 1. The van der Waals surface area contributed by atoms with Crippen LogP contribution in [0.25, 0.3) is 10.9 Å². The minimum absolute atomic E-state index is 0.195. The standard InChI is InChI=1S/C21H20N6O2S/c1-26-20(7-10-24-26)30(28,29)27-11-8-18-16(14-27)6-9-22-21(18)25-17-12-15-4-2-3-5-19(15)23-13-17/h2-7,9-10,12-13H,8,11,14H2,1H3,(H,22,25). The summed E-state index contributed by atoms with van der Waals surface area (Å²) in [5, 5.41) is 8.59. The number of benzene rings is 1. The topological polar surface area (TPSA) is 93.0 Å². The van der Waals surface area contributed by atoms with Crippen LogP contribution >= 0.6 is 0 Å². The maximum absolute atomic E-state index is 13.0. The van der Waals surface area contributed by atoms with Gasteiger partial charge in [0.1, 0.15) is 5.82 Å². The monoisotopic (exact) mass is 420 g/mol. The first kappa shape index (κ1) is 18.7. The first-order chi connectivity index (χ1) is 14.5. The van der Waals surface area contributed by atoms with Crippen LogP contribution in [0.1, 0.15) is 11.1 Å². The molecule has 0 bridgehead atoms. The maximum Gasteiger partial charge on any atom is 0.260 e. The Labute approximate surface area is 174 Å². The Hall–Kier alpha value is -3.30. The van der Waals surface area contributed by atoms with Crippen LogP contribution in [0.3, 0.4) is 0 Å². The molecule has 4 heterocycles. The van der Waals surface area contributed by atoms with Crippen molar-refractivity contribution in [3.8, 4) is 0 Å². The number of nitrogens with one attached hydrogen (secondary N) is 1. The average molecular weight is 420 g/mol. The van der Waals surface area contributed by atoms with Crippen molar-refractivity contribution in [3.63, 3.8) is 0 Å². The van der Waals surface area contributed by atoms with E-state index >= 15 is 0 Å². The molecule has 1 aromatic carbocycles. The largest absolute Gasteiger partial charge is 0.339 e. The Morgan fingerprint density at radius 3 is 2.77 bits per heavy atom. The summed E-state index contributed by atoms with van der Waals surface area (Å²) in [5.74, 6) is 0.738. The predicted molar refractivity (Wildman–Crippen MR) is 114 cm³/mol. The van der Waals surface area contributed by atoms with Gasteiger partial charge in [0.25, 0.3) is 10.0 Å². The number of rotatable bonds is 4. The van der Waals surface area contributed by atoms with Gasteiger partial charge in [0.05, 0.1) is 23.6 Å². The summed E-state index contributed by atoms with van der Waals surface area (Å²) in [7, 11) is -1.97. The quantitative estimate of drug-likeness (QED) is 0.546. The second-order valence-electron chi connectivity index (χ2n) is 7.22. The summed E-state index contributed by atoms with van der Waals surface area (Å²) < 4.78 is 28.9. The molecule has 1 N–H and O–H groups in total. The van der Waals surface area contributed by atoms with Crippen molar-refractivity contribution in [2.45, 2.75) is 18.0 Å². The molecule has 1 aliphatic heterocycles. The summed E-state index contributed by atoms with van der Waals surface area (Å²) in [5.41, 5.74) is 3.75. The summed E-state index contributed by atoms with van der Waals surface area (Å²) >= 11 is 0. The highest BCUT2D eigenvalue weighted by atomic mass is 32.2. The highest BCUT2D eigenvalue weighted by Gasteiger charge is 2.31. The van der Waals surface area contributed by atoms with E-state index in [1.807, 2.05) is 36.4 Å². The summed E-state index contributed by atoms with van der Waals surface area (Å²) in [6, 6.07) is 13.4. The van der Waals surface area contributed by atoms with Crippen molar-refractivity contribution >= 4 is 32.4 Å². The molecule has 9 heteroatoms. The molecule has 5 rings (SSSR count).